The van der Waals surface area contributed by atoms with Crippen LogP contribution < -0.4 is 10.1 Å². The average molecular weight is 381 g/mol. The van der Waals surface area contributed by atoms with Crippen molar-refractivity contribution in [2.75, 3.05) is 32.1 Å². The van der Waals surface area contributed by atoms with E-state index in [4.69, 9.17) is 9.47 Å². The molecule has 0 spiro atoms. The van der Waals surface area contributed by atoms with Gasteiger partial charge in [-0.05, 0) is 44.2 Å². The van der Waals surface area contributed by atoms with E-state index in [9.17, 15) is 9.59 Å². The van der Waals surface area contributed by atoms with E-state index in [0.717, 1.165) is 16.9 Å². The lowest BCUT2D eigenvalue weighted by Gasteiger charge is -2.19. The number of likely N-dealkylation sites (N-methyl/N-ethyl adjacent to an activating group) is 1. The zero-order chi connectivity index (χ0) is 19.8. The maximum atomic E-state index is 12.9. The summed E-state index contributed by atoms with van der Waals surface area (Å²) in [5.41, 5.74) is 3.98. The molecule has 1 aromatic carbocycles. The number of aryl methyl sites for hydroxylation is 1. The van der Waals surface area contributed by atoms with Gasteiger partial charge in [0.05, 0.1) is 30.0 Å². The molecule has 1 aromatic heterocycles. The third kappa shape index (κ3) is 3.41. The Morgan fingerprint density at radius 3 is 2.82 bits per heavy atom. The third-order valence-corrected chi connectivity index (χ3v) is 4.88. The van der Waals surface area contributed by atoms with E-state index >= 15 is 0 Å². The molecule has 2 aromatic rings. The number of fused-ring (bicyclic) bond motifs is 2. The summed E-state index contributed by atoms with van der Waals surface area (Å²) in [4.78, 5) is 30.3. The fourth-order valence-corrected chi connectivity index (χ4v) is 3.45. The number of carbonyl (C=O) groups is 2. The van der Waals surface area contributed by atoms with Crippen LogP contribution in [-0.2, 0) is 9.53 Å². The van der Waals surface area contributed by atoms with E-state index in [1.54, 1.807) is 24.1 Å². The first-order chi connectivity index (χ1) is 13.4. The monoisotopic (exact) mass is 381 g/mol. The molecule has 2 aliphatic rings. The van der Waals surface area contributed by atoms with Crippen LogP contribution in [-0.4, -0.2) is 54.6 Å². The van der Waals surface area contributed by atoms with E-state index < -0.39 is 0 Å². The minimum atomic E-state index is -0.202. The van der Waals surface area contributed by atoms with E-state index in [0.29, 0.717) is 42.3 Å². The number of aromatic amines is 1. The van der Waals surface area contributed by atoms with Gasteiger partial charge in [-0.1, -0.05) is 0 Å². The summed E-state index contributed by atoms with van der Waals surface area (Å²) < 4.78 is 11.6. The number of ether oxygens (including phenoxy) is 2. The normalized spacial score (nSPS) is 21.8. The lowest BCUT2D eigenvalue weighted by molar-refractivity contribution is -0.110. The van der Waals surface area contributed by atoms with Crippen molar-refractivity contribution >= 4 is 29.2 Å². The molecule has 7 heteroatoms. The van der Waals surface area contributed by atoms with Gasteiger partial charge in [0.15, 0.2) is 0 Å². The Balaban J connectivity index is 1.83. The van der Waals surface area contributed by atoms with Gasteiger partial charge in [-0.3, -0.25) is 9.59 Å². The molecule has 2 amide bonds. The molecule has 7 nitrogen and oxygen atoms in total. The highest BCUT2D eigenvalue weighted by Gasteiger charge is 2.27. The molecule has 0 fully saturated rings. The Kier molecular flexibility index (Phi) is 4.68. The predicted octanol–water partition coefficient (Wildman–Crippen LogP) is 2.69. The Morgan fingerprint density at radius 2 is 2.00 bits per heavy atom. The summed E-state index contributed by atoms with van der Waals surface area (Å²) >= 11 is 0. The van der Waals surface area contributed by atoms with Gasteiger partial charge in [-0.2, -0.15) is 0 Å². The van der Waals surface area contributed by atoms with E-state index in [-0.39, 0.29) is 17.9 Å². The summed E-state index contributed by atoms with van der Waals surface area (Å²) in [6, 6.07) is 7.31. The maximum absolute atomic E-state index is 12.9. The van der Waals surface area contributed by atoms with Crippen LogP contribution in [0.2, 0.25) is 0 Å². The predicted molar refractivity (Wildman–Crippen MR) is 106 cm³/mol. The zero-order valence-corrected chi connectivity index (χ0v) is 16.2. The molecule has 0 saturated carbocycles. The second kappa shape index (κ2) is 7.16. The van der Waals surface area contributed by atoms with Crippen LogP contribution in [0, 0.1) is 6.92 Å². The molecule has 1 atom stereocenters. The van der Waals surface area contributed by atoms with Crippen LogP contribution in [0.25, 0.3) is 11.6 Å². The standard InChI is InChI=1S/C21H23N3O4/c1-12-8-17-19(22-12)10-16-15-9-14(4-5-18(15)23-20(16)25)28-13(2)11-27-7-6-24(3)21(17)26/h4-5,8-10,13,22H,6-7,11H2,1-3H3,(H,23,25)/b16-10-/t13-/m0/s1. The van der Waals surface area contributed by atoms with Crippen molar-refractivity contribution in [2.45, 2.75) is 20.0 Å². The molecule has 0 radical (unpaired) electrons. The number of hydrogen-bond donors (Lipinski definition) is 2. The first kappa shape index (κ1) is 18.3. The average Bonchev–Trinajstić information content (AvgIpc) is 3.17. The quantitative estimate of drug-likeness (QED) is 0.735. The van der Waals surface area contributed by atoms with Crippen molar-refractivity contribution in [2.24, 2.45) is 0 Å². The molecule has 146 valence electrons. The minimum absolute atomic E-state index is 0.119. The first-order valence-corrected chi connectivity index (χ1v) is 9.29. The van der Waals surface area contributed by atoms with Crippen molar-refractivity contribution in [3.63, 3.8) is 0 Å². The lowest BCUT2D eigenvalue weighted by Crippen LogP contribution is -2.31. The van der Waals surface area contributed by atoms with E-state index in [1.807, 2.05) is 32.0 Å². The number of H-pyrrole nitrogens is 1. The van der Waals surface area contributed by atoms with Crippen molar-refractivity contribution in [3.8, 4) is 5.75 Å². The van der Waals surface area contributed by atoms with Crippen LogP contribution in [0.4, 0.5) is 5.69 Å². The molecule has 28 heavy (non-hydrogen) atoms. The Morgan fingerprint density at radius 1 is 1.18 bits per heavy atom. The molecule has 3 heterocycles. The molecule has 2 N–H and O–H groups in total. The van der Waals surface area contributed by atoms with Gasteiger partial charge < -0.3 is 24.7 Å². The third-order valence-electron chi connectivity index (χ3n) is 4.88. The number of nitrogens with zero attached hydrogens (tertiary/aromatic N) is 1. The fourth-order valence-electron chi connectivity index (χ4n) is 3.45. The van der Waals surface area contributed by atoms with Crippen molar-refractivity contribution in [1.29, 1.82) is 0 Å². The number of amides is 2. The molecular weight excluding hydrogens is 358 g/mol. The van der Waals surface area contributed by atoms with Crippen LogP contribution in [0.5, 0.6) is 5.75 Å². The minimum Gasteiger partial charge on any atom is -0.488 e. The van der Waals surface area contributed by atoms with Gasteiger partial charge in [0.2, 0.25) is 0 Å². The molecular formula is C21H23N3O4. The van der Waals surface area contributed by atoms with Crippen LogP contribution in [0.3, 0.4) is 0 Å². The highest BCUT2D eigenvalue weighted by molar-refractivity contribution is 6.35. The summed E-state index contributed by atoms with van der Waals surface area (Å²) in [6.07, 6.45) is 1.58. The number of rotatable bonds is 0. The van der Waals surface area contributed by atoms with Crippen molar-refractivity contribution in [1.82, 2.24) is 9.88 Å². The topological polar surface area (TPSA) is 83.7 Å². The number of nitrogens with one attached hydrogen (secondary N) is 2. The largest absolute Gasteiger partial charge is 0.488 e. The molecule has 4 rings (SSSR count). The molecule has 0 unspecified atom stereocenters. The van der Waals surface area contributed by atoms with Gasteiger partial charge in [-0.25, -0.2) is 0 Å². The molecule has 2 aliphatic heterocycles. The number of hydrogen-bond acceptors (Lipinski definition) is 4. The number of aromatic nitrogens is 1. The van der Waals surface area contributed by atoms with Gasteiger partial charge >= 0.3 is 0 Å². The summed E-state index contributed by atoms with van der Waals surface area (Å²) in [5.74, 6) is 0.349. The molecule has 0 saturated heterocycles. The smallest absolute Gasteiger partial charge is 0.256 e. The van der Waals surface area contributed by atoms with Crippen LogP contribution in [0.1, 0.15) is 34.2 Å². The molecule has 2 bridgehead atoms. The van der Waals surface area contributed by atoms with Crippen LogP contribution in [0.15, 0.2) is 24.3 Å². The second-order valence-electron chi connectivity index (χ2n) is 7.23. The lowest BCUT2D eigenvalue weighted by atomic mass is 10.0. The SMILES string of the molecule is Cc1cc2c([nH]1)/C=C1\C(=O)Nc3ccc(cc31)O[C@@H](C)COCCN(C)C2=O. The Labute approximate surface area is 163 Å². The Hall–Kier alpha value is -3.06. The highest BCUT2D eigenvalue weighted by atomic mass is 16.5. The fraction of sp³-hybridized carbons (Fsp3) is 0.333. The number of benzene rings is 1. The summed E-state index contributed by atoms with van der Waals surface area (Å²) in [5, 5.41) is 2.87. The Bertz CT molecular complexity index is 976. The number of anilines is 1. The van der Waals surface area contributed by atoms with Gasteiger partial charge in [0.25, 0.3) is 11.8 Å². The van der Waals surface area contributed by atoms with E-state index in [1.165, 1.54) is 0 Å². The number of carbonyl (C=O) groups excluding carboxylic acids is 2. The van der Waals surface area contributed by atoms with Gasteiger partial charge in [0.1, 0.15) is 11.9 Å². The highest BCUT2D eigenvalue weighted by Crippen LogP contribution is 2.36. The van der Waals surface area contributed by atoms with Crippen molar-refractivity contribution in [3.05, 3.63) is 46.8 Å². The van der Waals surface area contributed by atoms with Gasteiger partial charge in [-0.15, -0.1) is 0 Å². The maximum Gasteiger partial charge on any atom is 0.256 e. The first-order valence-electron chi connectivity index (χ1n) is 9.29. The summed E-state index contributed by atoms with van der Waals surface area (Å²) in [6.45, 7) is 5.10. The van der Waals surface area contributed by atoms with Crippen LogP contribution >= 0.6 is 0 Å². The van der Waals surface area contributed by atoms with E-state index in [2.05, 4.69) is 10.3 Å². The summed E-state index contributed by atoms with van der Waals surface area (Å²) in [7, 11) is 1.74. The van der Waals surface area contributed by atoms with Gasteiger partial charge in [0, 0.05) is 30.5 Å². The van der Waals surface area contributed by atoms with Crippen molar-refractivity contribution < 1.29 is 19.1 Å². The zero-order valence-electron chi connectivity index (χ0n) is 16.2. The second-order valence-corrected chi connectivity index (χ2v) is 7.23. The molecule has 0 aliphatic carbocycles.